The topological polar surface area (TPSA) is 73.6 Å². The summed E-state index contributed by atoms with van der Waals surface area (Å²) in [4.78, 5) is 23.1. The Hall–Kier alpha value is -2.47. The average Bonchev–Trinajstić information content (AvgIpc) is 2.91. The van der Waals surface area contributed by atoms with Crippen molar-refractivity contribution in [1.29, 1.82) is 0 Å². The highest BCUT2D eigenvalue weighted by Crippen LogP contribution is 2.24. The van der Waals surface area contributed by atoms with Crippen molar-refractivity contribution in [3.8, 4) is 0 Å². The minimum atomic E-state index is -0.234. The van der Waals surface area contributed by atoms with E-state index < -0.39 is 0 Å². The molecule has 0 unspecified atom stereocenters. The van der Waals surface area contributed by atoms with Crippen molar-refractivity contribution in [2.75, 3.05) is 5.32 Å². The first-order valence-corrected chi connectivity index (χ1v) is 7.75. The van der Waals surface area contributed by atoms with Crippen molar-refractivity contribution in [3.63, 3.8) is 0 Å². The molecule has 0 bridgehead atoms. The summed E-state index contributed by atoms with van der Waals surface area (Å²) in [5, 5.41) is 2.87. The fraction of sp³-hybridized carbons (Fsp3) is 0.235. The predicted octanol–water partition coefficient (Wildman–Crippen LogP) is 4.17. The lowest BCUT2D eigenvalue weighted by Gasteiger charge is -2.13. The lowest BCUT2D eigenvalue weighted by atomic mass is 9.96. The molecule has 0 aliphatic heterocycles. The van der Waals surface area contributed by atoms with Crippen molar-refractivity contribution < 1.29 is 4.79 Å². The van der Waals surface area contributed by atoms with Gasteiger partial charge in [-0.05, 0) is 30.3 Å². The van der Waals surface area contributed by atoms with Crippen molar-refractivity contribution in [2.45, 2.75) is 26.2 Å². The zero-order valence-corrected chi connectivity index (χ0v) is 14.0. The van der Waals surface area contributed by atoms with Gasteiger partial charge in [-0.25, -0.2) is 4.98 Å². The second-order valence-corrected chi connectivity index (χ2v) is 6.84. The van der Waals surface area contributed by atoms with Crippen LogP contribution in [-0.2, 0) is 5.41 Å². The highest BCUT2D eigenvalue weighted by Gasteiger charge is 2.18. The molecule has 0 spiro atoms. The molecule has 23 heavy (non-hydrogen) atoms. The average molecular weight is 326 g/mol. The Morgan fingerprint density at radius 3 is 2.74 bits per heavy atom. The molecule has 1 amide bonds. The summed E-state index contributed by atoms with van der Waals surface area (Å²) in [6.45, 7) is 6.30. The van der Waals surface area contributed by atoms with E-state index in [0.29, 0.717) is 15.9 Å². The van der Waals surface area contributed by atoms with E-state index in [1.54, 1.807) is 18.3 Å². The first kappa shape index (κ1) is 15.4. The number of nitrogens with one attached hydrogen (secondary N) is 3. The van der Waals surface area contributed by atoms with Crippen molar-refractivity contribution in [3.05, 3.63) is 52.6 Å². The normalized spacial score (nSPS) is 11.6. The molecule has 0 saturated carbocycles. The Balaban J connectivity index is 1.91. The summed E-state index contributed by atoms with van der Waals surface area (Å²) in [5.74, 6) is 0.684. The van der Waals surface area contributed by atoms with Gasteiger partial charge < -0.3 is 15.3 Å². The first-order valence-electron chi connectivity index (χ1n) is 7.34. The van der Waals surface area contributed by atoms with Crippen LogP contribution in [0, 0.1) is 4.64 Å². The highest BCUT2D eigenvalue weighted by atomic mass is 32.1. The van der Waals surface area contributed by atoms with Crippen LogP contribution < -0.4 is 5.32 Å². The molecule has 3 N–H and O–H groups in total. The zero-order valence-electron chi connectivity index (χ0n) is 13.2. The Labute approximate surface area is 139 Å². The molecule has 118 valence electrons. The van der Waals surface area contributed by atoms with Crippen LogP contribution in [0.25, 0.3) is 11.0 Å². The number of nitrogens with zero attached hydrogens (tertiary/aromatic N) is 1. The van der Waals surface area contributed by atoms with Crippen molar-refractivity contribution in [2.24, 2.45) is 0 Å². The van der Waals surface area contributed by atoms with E-state index in [1.165, 1.54) is 0 Å². The number of hydrogen-bond acceptors (Lipinski definition) is 3. The molecule has 3 aromatic rings. The number of carbonyl (C=O) groups excluding carboxylic acids is 1. The van der Waals surface area contributed by atoms with Gasteiger partial charge in [0, 0.05) is 17.3 Å². The fourth-order valence-corrected chi connectivity index (χ4v) is 2.47. The second-order valence-electron chi connectivity index (χ2n) is 6.43. The number of aromatic nitrogens is 3. The fourth-order valence-electron chi connectivity index (χ4n) is 2.24. The monoisotopic (exact) mass is 326 g/mol. The standard InChI is InChI=1S/C17H18N4OS/c1-17(2,3)16-20-12-7-6-10(9-13(12)21-16)19-14(22)11-5-4-8-18-15(11)23/h4-9H,1-3H3,(H,18,23)(H,19,22)(H,20,21). The minimum absolute atomic E-state index is 0.0560. The third-order valence-corrected chi connectivity index (χ3v) is 3.85. The third-order valence-electron chi connectivity index (χ3n) is 3.51. The van der Waals surface area contributed by atoms with Crippen LogP contribution >= 0.6 is 12.2 Å². The maximum Gasteiger partial charge on any atom is 0.258 e. The van der Waals surface area contributed by atoms with Crippen LogP contribution in [-0.4, -0.2) is 20.9 Å². The number of H-pyrrole nitrogens is 2. The van der Waals surface area contributed by atoms with Crippen LogP contribution in [0.4, 0.5) is 5.69 Å². The van der Waals surface area contributed by atoms with Gasteiger partial charge in [0.2, 0.25) is 0 Å². The molecule has 2 aromatic heterocycles. The molecular formula is C17H18N4OS. The number of rotatable bonds is 2. The van der Waals surface area contributed by atoms with E-state index in [9.17, 15) is 4.79 Å². The highest BCUT2D eigenvalue weighted by molar-refractivity contribution is 7.71. The largest absolute Gasteiger partial charge is 0.352 e. The van der Waals surface area contributed by atoms with Crippen LogP contribution in [0.5, 0.6) is 0 Å². The number of carbonyl (C=O) groups is 1. The van der Waals surface area contributed by atoms with Gasteiger partial charge in [0.15, 0.2) is 0 Å². The Bertz CT molecular complexity index is 933. The summed E-state index contributed by atoms with van der Waals surface area (Å²) in [6, 6.07) is 9.05. The molecule has 1 aromatic carbocycles. The number of anilines is 1. The number of imidazole rings is 1. The zero-order chi connectivity index (χ0) is 16.6. The molecule has 5 nitrogen and oxygen atoms in total. The molecule has 0 aliphatic rings. The van der Waals surface area contributed by atoms with E-state index in [2.05, 4.69) is 41.0 Å². The van der Waals surface area contributed by atoms with E-state index in [1.807, 2.05) is 18.2 Å². The molecule has 0 saturated heterocycles. The molecule has 3 rings (SSSR count). The number of hydrogen-bond donors (Lipinski definition) is 3. The maximum absolute atomic E-state index is 12.3. The van der Waals surface area contributed by atoms with Gasteiger partial charge in [0.1, 0.15) is 10.5 Å². The van der Waals surface area contributed by atoms with Gasteiger partial charge in [-0.1, -0.05) is 33.0 Å². The lowest BCUT2D eigenvalue weighted by Crippen LogP contribution is -2.13. The molecule has 6 heteroatoms. The minimum Gasteiger partial charge on any atom is -0.352 e. The smallest absolute Gasteiger partial charge is 0.258 e. The van der Waals surface area contributed by atoms with Crippen LogP contribution in [0.2, 0.25) is 0 Å². The van der Waals surface area contributed by atoms with E-state index >= 15 is 0 Å². The molecule has 0 aliphatic carbocycles. The van der Waals surface area contributed by atoms with Crippen molar-refractivity contribution in [1.82, 2.24) is 15.0 Å². The van der Waals surface area contributed by atoms with Gasteiger partial charge in [-0.2, -0.15) is 0 Å². The van der Waals surface area contributed by atoms with Crippen LogP contribution in [0.15, 0.2) is 36.5 Å². The summed E-state index contributed by atoms with van der Waals surface area (Å²) >= 11 is 5.13. The SMILES string of the molecule is CC(C)(C)c1nc2ccc(NC(=O)c3ccc[nH]c3=S)cc2[nH]1. The Morgan fingerprint density at radius 2 is 2.04 bits per heavy atom. The van der Waals surface area contributed by atoms with Crippen LogP contribution in [0.1, 0.15) is 37.0 Å². The summed E-state index contributed by atoms with van der Waals surface area (Å²) in [7, 11) is 0. The summed E-state index contributed by atoms with van der Waals surface area (Å²) < 4.78 is 0.419. The third kappa shape index (κ3) is 3.17. The quantitative estimate of drug-likeness (QED) is 0.619. The van der Waals surface area contributed by atoms with Crippen LogP contribution in [0.3, 0.4) is 0 Å². The van der Waals surface area contributed by atoms with Gasteiger partial charge in [0.05, 0.1) is 16.6 Å². The molecule has 0 fully saturated rings. The van der Waals surface area contributed by atoms with Gasteiger partial charge >= 0.3 is 0 Å². The number of aromatic amines is 2. The lowest BCUT2D eigenvalue weighted by molar-refractivity contribution is 0.102. The molecule has 0 atom stereocenters. The number of benzene rings is 1. The first-order chi connectivity index (χ1) is 10.8. The van der Waals surface area contributed by atoms with Crippen molar-refractivity contribution >= 4 is 34.8 Å². The van der Waals surface area contributed by atoms with Gasteiger partial charge in [-0.15, -0.1) is 0 Å². The van der Waals surface area contributed by atoms with Gasteiger partial charge in [-0.3, -0.25) is 4.79 Å². The van der Waals surface area contributed by atoms with E-state index in [4.69, 9.17) is 12.2 Å². The molecular weight excluding hydrogens is 308 g/mol. The number of fused-ring (bicyclic) bond motifs is 1. The number of amides is 1. The summed E-state index contributed by atoms with van der Waals surface area (Å²) in [6.07, 6.45) is 1.70. The predicted molar refractivity (Wildman–Crippen MR) is 94.4 cm³/mol. The molecule has 0 radical (unpaired) electrons. The second kappa shape index (κ2) is 5.62. The van der Waals surface area contributed by atoms with Gasteiger partial charge in [0.25, 0.3) is 5.91 Å². The summed E-state index contributed by atoms with van der Waals surface area (Å²) in [5.41, 5.74) is 2.86. The van der Waals surface area contributed by atoms with E-state index in [-0.39, 0.29) is 11.3 Å². The Kier molecular flexibility index (Phi) is 3.77. The molecule has 2 heterocycles. The van der Waals surface area contributed by atoms with E-state index in [0.717, 1.165) is 16.9 Å². The number of pyridine rings is 1. The Morgan fingerprint density at radius 1 is 1.26 bits per heavy atom. The maximum atomic E-state index is 12.3.